The second-order valence-corrected chi connectivity index (χ2v) is 6.69. The van der Waals surface area contributed by atoms with Gasteiger partial charge < -0.3 is 4.57 Å². The highest BCUT2D eigenvalue weighted by atomic mass is 32.1. The van der Waals surface area contributed by atoms with Gasteiger partial charge in [-0.3, -0.25) is 4.79 Å². The molecule has 27 heavy (non-hydrogen) atoms. The Morgan fingerprint density at radius 1 is 1.26 bits per heavy atom. The van der Waals surface area contributed by atoms with Crippen molar-refractivity contribution in [2.24, 2.45) is 0 Å². The molecule has 0 fully saturated rings. The van der Waals surface area contributed by atoms with Gasteiger partial charge in [0.05, 0.1) is 5.69 Å². The van der Waals surface area contributed by atoms with Gasteiger partial charge in [-0.05, 0) is 18.1 Å². The molecule has 3 rings (SSSR count). The zero-order chi connectivity index (χ0) is 19.4. The largest absolute Gasteiger partial charge is 0.304 e. The fraction of sp³-hybridized carbons (Fsp3) is 0.211. The number of thiazole rings is 1. The standard InChI is InChI=1S/C19H14F3N3OS/c20-12-19(21,22)15-10-16(17-24-7-9-27-17)25(18(26)14(15)11-23)8-6-13-4-2-1-3-5-13/h1-5,7,9-10H,6,8,12H2. The van der Waals surface area contributed by atoms with E-state index >= 15 is 0 Å². The van der Waals surface area contributed by atoms with Gasteiger partial charge in [0.2, 0.25) is 0 Å². The molecule has 0 unspecified atom stereocenters. The minimum atomic E-state index is -3.92. The van der Waals surface area contributed by atoms with Crippen LogP contribution in [0.4, 0.5) is 13.2 Å². The third-order valence-corrected chi connectivity index (χ3v) is 4.89. The topological polar surface area (TPSA) is 58.7 Å². The molecule has 0 saturated heterocycles. The molecule has 2 aromatic heterocycles. The molecule has 0 spiro atoms. The van der Waals surface area contributed by atoms with Crippen molar-refractivity contribution in [1.29, 1.82) is 5.26 Å². The number of nitrogens with zero attached hydrogens (tertiary/aromatic N) is 3. The van der Waals surface area contributed by atoms with Crippen molar-refractivity contribution in [2.75, 3.05) is 6.67 Å². The van der Waals surface area contributed by atoms with Crippen LogP contribution in [0.2, 0.25) is 0 Å². The first-order valence-electron chi connectivity index (χ1n) is 8.04. The molecule has 0 bridgehead atoms. The van der Waals surface area contributed by atoms with E-state index < -0.39 is 29.3 Å². The fourth-order valence-corrected chi connectivity index (χ4v) is 3.41. The molecule has 0 N–H and O–H groups in total. The van der Waals surface area contributed by atoms with Gasteiger partial charge in [0.25, 0.3) is 5.56 Å². The second kappa shape index (κ2) is 7.76. The van der Waals surface area contributed by atoms with E-state index in [2.05, 4.69) is 4.98 Å². The van der Waals surface area contributed by atoms with Gasteiger partial charge in [0, 0.05) is 23.7 Å². The predicted molar refractivity (Wildman–Crippen MR) is 96.5 cm³/mol. The average molecular weight is 389 g/mol. The number of pyridine rings is 1. The van der Waals surface area contributed by atoms with Crippen molar-refractivity contribution < 1.29 is 13.2 Å². The summed E-state index contributed by atoms with van der Waals surface area (Å²) >= 11 is 1.17. The van der Waals surface area contributed by atoms with Gasteiger partial charge in [-0.2, -0.15) is 14.0 Å². The lowest BCUT2D eigenvalue weighted by molar-refractivity contribution is -0.0285. The Morgan fingerprint density at radius 2 is 2.00 bits per heavy atom. The molecule has 0 aliphatic rings. The van der Waals surface area contributed by atoms with E-state index in [1.165, 1.54) is 28.2 Å². The van der Waals surface area contributed by atoms with E-state index in [0.717, 1.165) is 11.6 Å². The minimum Gasteiger partial charge on any atom is -0.304 e. The van der Waals surface area contributed by atoms with E-state index in [1.54, 1.807) is 5.38 Å². The Bertz CT molecular complexity index is 1020. The second-order valence-electron chi connectivity index (χ2n) is 5.80. The van der Waals surface area contributed by atoms with Crippen molar-refractivity contribution >= 4 is 11.3 Å². The molecular formula is C19H14F3N3OS. The first-order chi connectivity index (χ1) is 13.0. The molecule has 3 aromatic rings. The predicted octanol–water partition coefficient (Wildman–Crippen LogP) is 4.15. The molecule has 0 atom stereocenters. The molecule has 8 heteroatoms. The first kappa shape index (κ1) is 18.9. The lowest BCUT2D eigenvalue weighted by Gasteiger charge is -2.18. The summed E-state index contributed by atoms with van der Waals surface area (Å²) < 4.78 is 42.2. The Morgan fingerprint density at radius 3 is 2.59 bits per heavy atom. The average Bonchev–Trinajstić information content (AvgIpc) is 3.21. The number of hydrogen-bond donors (Lipinski definition) is 0. The number of hydrogen-bond acceptors (Lipinski definition) is 4. The Kier molecular flexibility index (Phi) is 5.42. The van der Waals surface area contributed by atoms with Crippen LogP contribution in [0.5, 0.6) is 0 Å². The SMILES string of the molecule is N#Cc1c(C(F)(F)CF)cc(-c2nccs2)n(CCc2ccccc2)c1=O. The normalized spacial score (nSPS) is 11.3. The molecule has 0 aliphatic carbocycles. The Balaban J connectivity index is 2.16. The number of halogens is 3. The smallest absolute Gasteiger partial charge is 0.302 e. The maximum atomic E-state index is 14.0. The zero-order valence-corrected chi connectivity index (χ0v) is 14.8. The molecule has 0 aliphatic heterocycles. The number of nitriles is 1. The summed E-state index contributed by atoms with van der Waals surface area (Å²) in [4.78, 5) is 16.9. The first-order valence-corrected chi connectivity index (χ1v) is 8.92. The Hall–Kier alpha value is -2.92. The number of rotatable bonds is 6. The van der Waals surface area contributed by atoms with Crippen molar-refractivity contribution in [1.82, 2.24) is 9.55 Å². The summed E-state index contributed by atoms with van der Waals surface area (Å²) in [7, 11) is 0. The van der Waals surface area contributed by atoms with Crippen LogP contribution in [-0.2, 0) is 18.9 Å². The summed E-state index contributed by atoms with van der Waals surface area (Å²) in [5, 5.41) is 11.3. The van der Waals surface area contributed by atoms with Crippen LogP contribution in [0.15, 0.2) is 52.8 Å². The van der Waals surface area contributed by atoms with Crippen molar-refractivity contribution in [3.8, 4) is 16.8 Å². The van der Waals surface area contributed by atoms with E-state index in [1.807, 2.05) is 30.3 Å². The number of aryl methyl sites for hydroxylation is 1. The number of alkyl halides is 3. The summed E-state index contributed by atoms with van der Waals surface area (Å²) in [6.45, 7) is -1.82. The summed E-state index contributed by atoms with van der Waals surface area (Å²) in [5.74, 6) is -3.92. The lowest BCUT2D eigenvalue weighted by atomic mass is 10.0. The van der Waals surface area contributed by atoms with Gasteiger partial charge >= 0.3 is 5.92 Å². The summed E-state index contributed by atoms with van der Waals surface area (Å²) in [6.07, 6.45) is 1.94. The van der Waals surface area contributed by atoms with Crippen molar-refractivity contribution in [2.45, 2.75) is 18.9 Å². The molecule has 0 radical (unpaired) electrons. The third kappa shape index (κ3) is 3.78. The van der Waals surface area contributed by atoms with Crippen LogP contribution >= 0.6 is 11.3 Å². The Labute approximate surface area is 157 Å². The van der Waals surface area contributed by atoms with Crippen LogP contribution in [-0.4, -0.2) is 16.2 Å². The van der Waals surface area contributed by atoms with Crippen LogP contribution < -0.4 is 5.56 Å². The van der Waals surface area contributed by atoms with E-state index in [0.29, 0.717) is 11.4 Å². The molecule has 138 valence electrons. The van der Waals surface area contributed by atoms with E-state index in [4.69, 9.17) is 0 Å². The van der Waals surface area contributed by atoms with Gasteiger partial charge in [0.15, 0.2) is 6.67 Å². The number of benzene rings is 1. The van der Waals surface area contributed by atoms with Crippen LogP contribution in [0.3, 0.4) is 0 Å². The quantitative estimate of drug-likeness (QED) is 0.636. The van der Waals surface area contributed by atoms with Crippen LogP contribution in [0.25, 0.3) is 10.7 Å². The minimum absolute atomic E-state index is 0.146. The molecule has 0 amide bonds. The van der Waals surface area contributed by atoms with Gasteiger partial charge in [-0.1, -0.05) is 30.3 Å². The fourth-order valence-electron chi connectivity index (χ4n) is 2.75. The maximum absolute atomic E-state index is 14.0. The van der Waals surface area contributed by atoms with Gasteiger partial charge in [-0.15, -0.1) is 11.3 Å². The lowest BCUT2D eigenvalue weighted by Crippen LogP contribution is -2.30. The molecule has 0 saturated carbocycles. The van der Waals surface area contributed by atoms with E-state index in [9.17, 15) is 23.2 Å². The van der Waals surface area contributed by atoms with Gasteiger partial charge in [-0.25, -0.2) is 9.37 Å². The third-order valence-electron chi connectivity index (χ3n) is 4.09. The van der Waals surface area contributed by atoms with Crippen molar-refractivity contribution in [3.63, 3.8) is 0 Å². The van der Waals surface area contributed by atoms with Crippen molar-refractivity contribution in [3.05, 3.63) is 75.0 Å². The molecule has 4 nitrogen and oxygen atoms in total. The summed E-state index contributed by atoms with van der Waals surface area (Å²) in [5.41, 5.74) is -1.42. The van der Waals surface area contributed by atoms with E-state index in [-0.39, 0.29) is 12.2 Å². The highest BCUT2D eigenvalue weighted by Crippen LogP contribution is 2.33. The van der Waals surface area contributed by atoms with Crippen LogP contribution in [0.1, 0.15) is 16.7 Å². The summed E-state index contributed by atoms with van der Waals surface area (Å²) in [6, 6.07) is 11.8. The van der Waals surface area contributed by atoms with Crippen LogP contribution in [0, 0.1) is 11.3 Å². The highest BCUT2D eigenvalue weighted by Gasteiger charge is 2.37. The highest BCUT2D eigenvalue weighted by molar-refractivity contribution is 7.13. The molecule has 1 aromatic carbocycles. The maximum Gasteiger partial charge on any atom is 0.302 e. The molecular weight excluding hydrogens is 375 g/mol. The van der Waals surface area contributed by atoms with Gasteiger partial charge in [0.1, 0.15) is 16.6 Å². The number of aromatic nitrogens is 2. The monoisotopic (exact) mass is 389 g/mol. The zero-order valence-electron chi connectivity index (χ0n) is 14.0. The molecule has 2 heterocycles.